The lowest BCUT2D eigenvalue weighted by atomic mass is 10.2. The third kappa shape index (κ3) is 1.67. The molecule has 0 atom stereocenters. The predicted octanol–water partition coefficient (Wildman–Crippen LogP) is 1.64. The highest BCUT2D eigenvalue weighted by Crippen LogP contribution is 2.10. The van der Waals surface area contributed by atoms with Crippen LogP contribution in [0, 0.1) is 6.92 Å². The summed E-state index contributed by atoms with van der Waals surface area (Å²) in [6.07, 6.45) is 3.81. The lowest BCUT2D eigenvalue weighted by Crippen LogP contribution is -1.98. The number of nitrogens with zero attached hydrogens (tertiary/aromatic N) is 2. The molecule has 0 bridgehead atoms. The molecule has 2 N–H and O–H groups in total. The van der Waals surface area contributed by atoms with Gasteiger partial charge in [-0.1, -0.05) is 12.1 Å². The summed E-state index contributed by atoms with van der Waals surface area (Å²) < 4.78 is 1.99. The van der Waals surface area contributed by atoms with Gasteiger partial charge in [0.15, 0.2) is 0 Å². The Morgan fingerprint density at radius 2 is 2.29 bits per heavy atom. The van der Waals surface area contributed by atoms with E-state index in [1.165, 1.54) is 0 Å². The Labute approximate surface area is 83.2 Å². The average Bonchev–Trinajstić information content (AvgIpc) is 2.65. The molecule has 2 rings (SSSR count). The van der Waals surface area contributed by atoms with Crippen LogP contribution in [-0.4, -0.2) is 9.55 Å². The van der Waals surface area contributed by atoms with Crippen molar-refractivity contribution in [2.45, 2.75) is 13.5 Å². The number of imidazole rings is 1. The SMILES string of the molecule is Cc1cn(-c2cccc(CN)c2)cn1. The summed E-state index contributed by atoms with van der Waals surface area (Å²) in [5, 5.41) is 0. The zero-order valence-electron chi connectivity index (χ0n) is 8.14. The van der Waals surface area contributed by atoms with Crippen molar-refractivity contribution in [2.24, 2.45) is 5.73 Å². The summed E-state index contributed by atoms with van der Waals surface area (Å²) >= 11 is 0. The maximum Gasteiger partial charge on any atom is 0.0995 e. The third-order valence-electron chi connectivity index (χ3n) is 2.16. The third-order valence-corrected chi connectivity index (χ3v) is 2.16. The molecule has 0 fully saturated rings. The first-order chi connectivity index (χ1) is 6.79. The predicted molar refractivity (Wildman–Crippen MR) is 56.2 cm³/mol. The number of aryl methyl sites for hydroxylation is 1. The van der Waals surface area contributed by atoms with Gasteiger partial charge in [0.2, 0.25) is 0 Å². The lowest BCUT2D eigenvalue weighted by Gasteiger charge is -2.03. The van der Waals surface area contributed by atoms with Crippen LogP contribution in [0.3, 0.4) is 0 Å². The summed E-state index contributed by atoms with van der Waals surface area (Å²) in [5.74, 6) is 0. The molecule has 0 aliphatic rings. The minimum absolute atomic E-state index is 0.571. The van der Waals surface area contributed by atoms with E-state index >= 15 is 0 Å². The standard InChI is InChI=1S/C11H13N3/c1-9-7-14(8-13-9)11-4-2-3-10(5-11)6-12/h2-5,7-8H,6,12H2,1H3. The minimum Gasteiger partial charge on any atom is -0.326 e. The molecule has 0 aliphatic heterocycles. The van der Waals surface area contributed by atoms with E-state index in [0.29, 0.717) is 6.54 Å². The van der Waals surface area contributed by atoms with Crippen LogP contribution < -0.4 is 5.73 Å². The first-order valence-electron chi connectivity index (χ1n) is 4.59. The van der Waals surface area contributed by atoms with E-state index in [1.54, 1.807) is 0 Å². The molecule has 0 saturated heterocycles. The van der Waals surface area contributed by atoms with Gasteiger partial charge >= 0.3 is 0 Å². The number of hydrogen-bond donors (Lipinski definition) is 1. The summed E-state index contributed by atoms with van der Waals surface area (Å²) in [6.45, 7) is 2.55. The van der Waals surface area contributed by atoms with E-state index in [1.807, 2.05) is 42.2 Å². The maximum absolute atomic E-state index is 5.58. The van der Waals surface area contributed by atoms with Gasteiger partial charge in [-0.2, -0.15) is 0 Å². The molecule has 3 nitrogen and oxygen atoms in total. The van der Waals surface area contributed by atoms with Crippen molar-refractivity contribution in [1.82, 2.24) is 9.55 Å². The Balaban J connectivity index is 2.41. The molecule has 0 radical (unpaired) electrons. The topological polar surface area (TPSA) is 43.8 Å². The first-order valence-corrected chi connectivity index (χ1v) is 4.59. The maximum atomic E-state index is 5.58. The molecule has 72 valence electrons. The van der Waals surface area contributed by atoms with Crippen molar-refractivity contribution in [2.75, 3.05) is 0 Å². The molecule has 1 aromatic heterocycles. The van der Waals surface area contributed by atoms with Crippen molar-refractivity contribution >= 4 is 0 Å². The van der Waals surface area contributed by atoms with Gasteiger partial charge in [0, 0.05) is 18.4 Å². The van der Waals surface area contributed by atoms with Gasteiger partial charge in [-0.3, -0.25) is 0 Å². The second-order valence-corrected chi connectivity index (χ2v) is 3.30. The highest BCUT2D eigenvalue weighted by Gasteiger charge is 1.97. The van der Waals surface area contributed by atoms with Crippen LogP contribution in [0.2, 0.25) is 0 Å². The zero-order valence-corrected chi connectivity index (χ0v) is 8.14. The van der Waals surface area contributed by atoms with Gasteiger partial charge in [-0.25, -0.2) is 4.98 Å². The fraction of sp³-hybridized carbons (Fsp3) is 0.182. The van der Waals surface area contributed by atoms with Gasteiger partial charge in [0.1, 0.15) is 0 Å². The largest absolute Gasteiger partial charge is 0.326 e. The molecule has 3 heteroatoms. The van der Waals surface area contributed by atoms with Gasteiger partial charge < -0.3 is 10.3 Å². The smallest absolute Gasteiger partial charge is 0.0995 e. The Bertz CT molecular complexity index is 432. The van der Waals surface area contributed by atoms with Gasteiger partial charge in [0.25, 0.3) is 0 Å². The molecule has 0 amide bonds. The van der Waals surface area contributed by atoms with Gasteiger partial charge in [0.05, 0.1) is 12.0 Å². The van der Waals surface area contributed by atoms with Crippen LogP contribution in [0.5, 0.6) is 0 Å². The van der Waals surface area contributed by atoms with Crippen LogP contribution in [0.15, 0.2) is 36.8 Å². The zero-order chi connectivity index (χ0) is 9.97. The van der Waals surface area contributed by atoms with E-state index in [9.17, 15) is 0 Å². The molecule has 0 saturated carbocycles. The summed E-state index contributed by atoms with van der Waals surface area (Å²) in [5.41, 5.74) is 8.83. The van der Waals surface area contributed by atoms with Gasteiger partial charge in [-0.05, 0) is 24.6 Å². The molecule has 14 heavy (non-hydrogen) atoms. The monoisotopic (exact) mass is 187 g/mol. The van der Waals surface area contributed by atoms with Crippen LogP contribution in [-0.2, 0) is 6.54 Å². The Morgan fingerprint density at radius 1 is 1.43 bits per heavy atom. The summed E-state index contributed by atoms with van der Waals surface area (Å²) in [7, 11) is 0. The number of hydrogen-bond acceptors (Lipinski definition) is 2. The van der Waals surface area contributed by atoms with Crippen LogP contribution in [0.1, 0.15) is 11.3 Å². The average molecular weight is 187 g/mol. The molecule has 1 heterocycles. The van der Waals surface area contributed by atoms with E-state index in [4.69, 9.17) is 5.73 Å². The fourth-order valence-electron chi connectivity index (χ4n) is 1.41. The van der Waals surface area contributed by atoms with Crippen molar-refractivity contribution in [3.63, 3.8) is 0 Å². The Hall–Kier alpha value is -1.61. The van der Waals surface area contributed by atoms with E-state index in [0.717, 1.165) is 16.9 Å². The van der Waals surface area contributed by atoms with Crippen molar-refractivity contribution in [1.29, 1.82) is 0 Å². The number of rotatable bonds is 2. The first kappa shape index (κ1) is 8.97. The molecule has 2 aromatic rings. The quantitative estimate of drug-likeness (QED) is 0.776. The molecule has 0 spiro atoms. The van der Waals surface area contributed by atoms with Gasteiger partial charge in [-0.15, -0.1) is 0 Å². The number of benzene rings is 1. The van der Waals surface area contributed by atoms with Crippen LogP contribution in [0.4, 0.5) is 0 Å². The van der Waals surface area contributed by atoms with Crippen molar-refractivity contribution in [3.05, 3.63) is 48.0 Å². The Morgan fingerprint density at radius 3 is 2.93 bits per heavy atom. The second kappa shape index (κ2) is 3.64. The molecule has 1 aromatic carbocycles. The molecule has 0 aliphatic carbocycles. The van der Waals surface area contributed by atoms with Crippen LogP contribution >= 0.6 is 0 Å². The molecular formula is C11H13N3. The van der Waals surface area contributed by atoms with E-state index in [-0.39, 0.29) is 0 Å². The highest BCUT2D eigenvalue weighted by atomic mass is 15.0. The van der Waals surface area contributed by atoms with E-state index < -0.39 is 0 Å². The second-order valence-electron chi connectivity index (χ2n) is 3.30. The van der Waals surface area contributed by atoms with E-state index in [2.05, 4.69) is 11.1 Å². The Kier molecular flexibility index (Phi) is 2.33. The normalized spacial score (nSPS) is 10.4. The number of nitrogens with two attached hydrogens (primary N) is 1. The highest BCUT2D eigenvalue weighted by molar-refractivity contribution is 5.36. The minimum atomic E-state index is 0.571. The van der Waals surface area contributed by atoms with Crippen LogP contribution in [0.25, 0.3) is 5.69 Å². The fourth-order valence-corrected chi connectivity index (χ4v) is 1.41. The molecular weight excluding hydrogens is 174 g/mol. The van der Waals surface area contributed by atoms with Crippen molar-refractivity contribution in [3.8, 4) is 5.69 Å². The summed E-state index contributed by atoms with van der Waals surface area (Å²) in [6, 6.07) is 8.14. The lowest BCUT2D eigenvalue weighted by molar-refractivity contribution is 1.02. The molecule has 0 unspecified atom stereocenters. The number of aromatic nitrogens is 2. The van der Waals surface area contributed by atoms with Crippen molar-refractivity contribution < 1.29 is 0 Å². The summed E-state index contributed by atoms with van der Waals surface area (Å²) in [4.78, 5) is 4.18.